The lowest BCUT2D eigenvalue weighted by molar-refractivity contribution is -0.120. The zero-order valence-corrected chi connectivity index (χ0v) is 25.9. The Morgan fingerprint density at radius 2 is 1.86 bits per heavy atom. The van der Waals surface area contributed by atoms with Crippen LogP contribution in [0.4, 0.5) is 14.6 Å². The largest absolute Gasteiger partial charge is 0.389 e. The zero-order chi connectivity index (χ0) is 31.2. The van der Waals surface area contributed by atoms with Crippen LogP contribution in [0.3, 0.4) is 0 Å². The molecule has 3 aromatic rings. The van der Waals surface area contributed by atoms with Crippen molar-refractivity contribution in [3.63, 3.8) is 0 Å². The molecule has 1 aliphatic rings. The minimum absolute atomic E-state index is 0.0182. The molecule has 4 rings (SSSR count). The Balaban J connectivity index is 1.94. The van der Waals surface area contributed by atoms with Crippen molar-refractivity contribution in [2.45, 2.75) is 76.6 Å². The van der Waals surface area contributed by atoms with Crippen molar-refractivity contribution in [2.24, 2.45) is 5.41 Å². The van der Waals surface area contributed by atoms with Gasteiger partial charge in [0.15, 0.2) is 5.82 Å². The van der Waals surface area contributed by atoms with Crippen LogP contribution in [0.2, 0.25) is 10.0 Å². The van der Waals surface area contributed by atoms with Crippen LogP contribution in [0.5, 0.6) is 0 Å². The van der Waals surface area contributed by atoms with Crippen molar-refractivity contribution in [3.05, 3.63) is 81.5 Å². The first-order valence-electron chi connectivity index (χ1n) is 13.6. The van der Waals surface area contributed by atoms with Gasteiger partial charge in [0, 0.05) is 34.8 Å². The first-order chi connectivity index (χ1) is 19.5. The predicted octanol–water partition coefficient (Wildman–Crippen LogP) is 6.54. The lowest BCUT2D eigenvalue weighted by atomic mass is 9.62. The van der Waals surface area contributed by atoms with E-state index in [4.69, 9.17) is 23.2 Å². The number of likely N-dealkylation sites (tertiary alicyclic amines) is 1. The number of anilines is 1. The average Bonchev–Trinajstić information content (AvgIpc) is 3.38. The van der Waals surface area contributed by atoms with Gasteiger partial charge in [-0.2, -0.15) is 10.4 Å². The lowest BCUT2D eigenvalue weighted by Crippen LogP contribution is -2.45. The molecule has 1 aromatic heterocycles. The average molecular weight is 619 g/mol. The van der Waals surface area contributed by atoms with Gasteiger partial charge in [-0.25, -0.2) is 8.78 Å². The topological polar surface area (TPSA) is 94.2 Å². The molecule has 1 aliphatic heterocycles. The van der Waals surface area contributed by atoms with Gasteiger partial charge >= 0.3 is 0 Å². The Labute approximate surface area is 255 Å². The number of aliphatic hydroxyl groups is 1. The fourth-order valence-corrected chi connectivity index (χ4v) is 6.43. The number of nitrogens with zero attached hydrogens (tertiary/aromatic N) is 4. The molecular weight excluding hydrogens is 583 g/mol. The van der Waals surface area contributed by atoms with Crippen LogP contribution in [-0.4, -0.2) is 50.4 Å². The van der Waals surface area contributed by atoms with E-state index in [1.165, 1.54) is 28.9 Å². The SMILES string of the molecule is CN1[C@@H](CC(C)(C)C)[C@](C#N)(c2ccc(Cl)cc2F)[C@@H](c2cccc(Cl)c2F)[C@@H]1C(=O)Nc1ccn(CC(C)(C)O)n1. The van der Waals surface area contributed by atoms with E-state index in [9.17, 15) is 15.2 Å². The van der Waals surface area contributed by atoms with E-state index in [0.29, 0.717) is 6.42 Å². The van der Waals surface area contributed by atoms with Crippen LogP contribution < -0.4 is 5.32 Å². The lowest BCUT2D eigenvalue weighted by Gasteiger charge is -2.38. The monoisotopic (exact) mass is 617 g/mol. The van der Waals surface area contributed by atoms with Gasteiger partial charge in [0.1, 0.15) is 17.0 Å². The third kappa shape index (κ3) is 6.18. The number of aromatic nitrogens is 2. The van der Waals surface area contributed by atoms with E-state index < -0.39 is 46.6 Å². The molecule has 2 heterocycles. The molecule has 7 nitrogen and oxygen atoms in total. The van der Waals surface area contributed by atoms with Gasteiger partial charge in [-0.05, 0) is 56.5 Å². The van der Waals surface area contributed by atoms with Crippen molar-refractivity contribution < 1.29 is 18.7 Å². The smallest absolute Gasteiger partial charge is 0.243 e. The molecule has 42 heavy (non-hydrogen) atoms. The Morgan fingerprint density at radius 1 is 1.17 bits per heavy atom. The van der Waals surface area contributed by atoms with Crippen molar-refractivity contribution in [3.8, 4) is 6.07 Å². The van der Waals surface area contributed by atoms with Gasteiger partial charge in [0.2, 0.25) is 5.91 Å². The highest BCUT2D eigenvalue weighted by Crippen LogP contribution is 2.56. The molecule has 0 aliphatic carbocycles. The molecule has 1 amide bonds. The minimum Gasteiger partial charge on any atom is -0.389 e. The van der Waals surface area contributed by atoms with E-state index >= 15 is 8.78 Å². The van der Waals surface area contributed by atoms with Crippen LogP contribution in [0.25, 0.3) is 0 Å². The highest BCUT2D eigenvalue weighted by molar-refractivity contribution is 6.31. The van der Waals surface area contributed by atoms with Crippen molar-refractivity contribution >= 4 is 34.9 Å². The summed E-state index contributed by atoms with van der Waals surface area (Å²) in [7, 11) is 1.69. The predicted molar refractivity (Wildman–Crippen MR) is 159 cm³/mol. The molecular formula is C31H35Cl2F2N5O2. The van der Waals surface area contributed by atoms with E-state index in [1.54, 1.807) is 44.1 Å². The summed E-state index contributed by atoms with van der Waals surface area (Å²) in [5.74, 6) is -3.03. The Morgan fingerprint density at radius 3 is 2.45 bits per heavy atom. The van der Waals surface area contributed by atoms with E-state index in [-0.39, 0.29) is 38.9 Å². The fourth-order valence-electron chi connectivity index (χ4n) is 6.09. The third-order valence-corrected chi connectivity index (χ3v) is 8.18. The summed E-state index contributed by atoms with van der Waals surface area (Å²) in [6.45, 7) is 9.41. The minimum atomic E-state index is -1.72. The van der Waals surface area contributed by atoms with Gasteiger partial charge in [0.05, 0.1) is 29.3 Å². The number of amides is 1. The number of likely N-dealkylation sites (N-methyl/N-ethyl adjacent to an activating group) is 1. The number of nitriles is 1. The quantitative estimate of drug-likeness (QED) is 0.314. The number of hydrogen-bond acceptors (Lipinski definition) is 5. The highest BCUT2D eigenvalue weighted by Gasteiger charge is 2.63. The second-order valence-corrected chi connectivity index (χ2v) is 13.7. The van der Waals surface area contributed by atoms with E-state index in [2.05, 4.69) is 16.5 Å². The molecule has 0 radical (unpaired) electrons. The van der Waals surface area contributed by atoms with Gasteiger partial charge in [-0.1, -0.05) is 62.2 Å². The van der Waals surface area contributed by atoms with E-state index in [0.717, 1.165) is 6.07 Å². The number of nitrogens with one attached hydrogen (secondary N) is 1. The van der Waals surface area contributed by atoms with Gasteiger partial charge in [-0.3, -0.25) is 14.4 Å². The van der Waals surface area contributed by atoms with Crippen LogP contribution in [-0.2, 0) is 16.8 Å². The van der Waals surface area contributed by atoms with Crippen LogP contribution in [0, 0.1) is 28.4 Å². The first-order valence-corrected chi connectivity index (χ1v) is 14.3. The summed E-state index contributed by atoms with van der Waals surface area (Å²) in [6.07, 6.45) is 1.99. The number of rotatable bonds is 7. The summed E-state index contributed by atoms with van der Waals surface area (Å²) in [4.78, 5) is 15.9. The van der Waals surface area contributed by atoms with Crippen LogP contribution in [0.1, 0.15) is 58.1 Å². The molecule has 1 saturated heterocycles. The molecule has 11 heteroatoms. The number of benzene rings is 2. The summed E-state index contributed by atoms with van der Waals surface area (Å²) >= 11 is 12.3. The zero-order valence-electron chi connectivity index (χ0n) is 24.4. The number of carbonyl (C=O) groups excluding carboxylic acids is 1. The normalized spacial score (nSPS) is 23.1. The van der Waals surface area contributed by atoms with Crippen molar-refractivity contribution in [1.29, 1.82) is 5.26 Å². The molecule has 0 saturated carbocycles. The van der Waals surface area contributed by atoms with Gasteiger partial charge in [-0.15, -0.1) is 0 Å². The molecule has 0 bridgehead atoms. The summed E-state index contributed by atoms with van der Waals surface area (Å²) in [5, 5.41) is 28.3. The molecule has 0 spiro atoms. The summed E-state index contributed by atoms with van der Waals surface area (Å²) < 4.78 is 33.2. The van der Waals surface area contributed by atoms with Crippen LogP contribution in [0.15, 0.2) is 48.7 Å². The number of carbonyl (C=O) groups is 1. The molecule has 224 valence electrons. The molecule has 4 atom stereocenters. The van der Waals surface area contributed by atoms with Crippen molar-refractivity contribution in [1.82, 2.24) is 14.7 Å². The second kappa shape index (κ2) is 11.6. The maximum absolute atomic E-state index is 15.9. The Kier molecular flexibility index (Phi) is 8.79. The third-order valence-electron chi connectivity index (χ3n) is 7.66. The summed E-state index contributed by atoms with van der Waals surface area (Å²) in [5.41, 5.74) is -3.07. The number of hydrogen-bond donors (Lipinski definition) is 2. The van der Waals surface area contributed by atoms with Crippen LogP contribution >= 0.6 is 23.2 Å². The van der Waals surface area contributed by atoms with Gasteiger partial charge in [0.25, 0.3) is 0 Å². The molecule has 2 N–H and O–H groups in total. The van der Waals surface area contributed by atoms with Crippen molar-refractivity contribution in [2.75, 3.05) is 12.4 Å². The highest BCUT2D eigenvalue weighted by atomic mass is 35.5. The number of halogens is 4. The standard InChI is InChI=1S/C31H35Cl2F2N5O2/c1-29(2,3)15-23-31(16-36,20-11-10-18(32)14-22(20)34)25(19-8-7-9-21(33)26(19)35)27(39(23)6)28(41)37-24-12-13-40(38-24)17-30(4,5)42/h7-14,23,25,27,42H,15,17H2,1-6H3,(H,37,38,41)/t23-,25-,27+,31-/m0/s1. The molecule has 0 unspecified atom stereocenters. The Hall–Kier alpha value is -3.03. The maximum atomic E-state index is 15.9. The summed E-state index contributed by atoms with van der Waals surface area (Å²) in [6, 6.07) is 10.6. The second-order valence-electron chi connectivity index (χ2n) is 12.8. The van der Waals surface area contributed by atoms with Gasteiger partial charge < -0.3 is 10.4 Å². The maximum Gasteiger partial charge on any atom is 0.243 e. The molecule has 2 aromatic carbocycles. The molecule has 1 fully saturated rings. The first kappa shape index (κ1) is 31.9. The fraction of sp³-hybridized carbons (Fsp3) is 0.452. The van der Waals surface area contributed by atoms with E-state index in [1.807, 2.05) is 20.8 Å². The Bertz CT molecular complexity index is 1520.